The number of anilines is 1. The summed E-state index contributed by atoms with van der Waals surface area (Å²) in [5, 5.41) is 9.48. The molecule has 1 aliphatic carbocycles. The second-order valence-electron chi connectivity index (χ2n) is 7.39. The molecule has 3 heterocycles. The number of aryl methyl sites for hydroxylation is 1. The number of oxazole rings is 1. The van der Waals surface area contributed by atoms with Crippen molar-refractivity contribution in [3.8, 4) is 17.7 Å². The highest BCUT2D eigenvalue weighted by atomic mass is 16.4. The van der Waals surface area contributed by atoms with Crippen LogP contribution in [-0.4, -0.2) is 36.1 Å². The monoisotopic (exact) mass is 374 g/mol. The summed E-state index contributed by atoms with van der Waals surface area (Å²) in [6.45, 7) is 3.53. The standard InChI is InChI=1S/C22H22N4O2/c23-15-18-22(28-21(24-18)20-9-4-14-27-20)26-12-10-25(11-13-26)19-8-3-6-16-5-1-2-7-17(16)19/h1-2,4-5,7,9,14,19H,3,6,8,10-13H2/t19-/m1/s1. The molecule has 3 aromatic rings. The van der Waals surface area contributed by atoms with Crippen LogP contribution in [0.25, 0.3) is 11.7 Å². The molecule has 0 saturated carbocycles. The summed E-state index contributed by atoms with van der Waals surface area (Å²) in [5.74, 6) is 1.46. The van der Waals surface area contributed by atoms with E-state index in [-0.39, 0.29) is 0 Å². The van der Waals surface area contributed by atoms with Crippen molar-refractivity contribution in [2.45, 2.75) is 25.3 Å². The number of nitriles is 1. The van der Waals surface area contributed by atoms with Crippen molar-refractivity contribution < 1.29 is 8.83 Å². The molecule has 0 amide bonds. The molecule has 1 aromatic carbocycles. The molecule has 0 radical (unpaired) electrons. The zero-order valence-corrected chi connectivity index (χ0v) is 15.7. The number of piperazine rings is 1. The highest BCUT2D eigenvalue weighted by Crippen LogP contribution is 2.36. The van der Waals surface area contributed by atoms with Gasteiger partial charge in [0.1, 0.15) is 6.07 Å². The molecule has 2 aromatic heterocycles. The molecular weight excluding hydrogens is 352 g/mol. The molecule has 1 atom stereocenters. The van der Waals surface area contributed by atoms with Gasteiger partial charge in [0.15, 0.2) is 5.76 Å². The maximum absolute atomic E-state index is 9.48. The Hall–Kier alpha value is -3.04. The average Bonchev–Trinajstić information content (AvgIpc) is 3.43. The van der Waals surface area contributed by atoms with Crippen LogP contribution < -0.4 is 4.90 Å². The Morgan fingerprint density at radius 1 is 1.07 bits per heavy atom. The van der Waals surface area contributed by atoms with E-state index in [1.807, 2.05) is 0 Å². The van der Waals surface area contributed by atoms with E-state index in [4.69, 9.17) is 8.83 Å². The van der Waals surface area contributed by atoms with E-state index in [1.54, 1.807) is 18.4 Å². The van der Waals surface area contributed by atoms with E-state index >= 15 is 0 Å². The molecule has 0 bridgehead atoms. The Bertz CT molecular complexity index is 994. The Labute approximate surface area is 164 Å². The first kappa shape index (κ1) is 17.1. The van der Waals surface area contributed by atoms with Gasteiger partial charge < -0.3 is 13.7 Å². The molecule has 2 aliphatic rings. The highest BCUT2D eigenvalue weighted by molar-refractivity contribution is 5.55. The van der Waals surface area contributed by atoms with Crippen molar-refractivity contribution in [3.05, 3.63) is 59.5 Å². The molecule has 0 N–H and O–H groups in total. The van der Waals surface area contributed by atoms with E-state index in [0.717, 1.165) is 26.2 Å². The third-order valence-electron chi connectivity index (χ3n) is 5.83. The van der Waals surface area contributed by atoms with Crippen LogP contribution in [0.15, 0.2) is 51.5 Å². The zero-order valence-electron chi connectivity index (χ0n) is 15.7. The van der Waals surface area contributed by atoms with Crippen LogP contribution in [0.5, 0.6) is 0 Å². The van der Waals surface area contributed by atoms with Crippen LogP contribution in [0, 0.1) is 11.3 Å². The number of rotatable bonds is 3. The zero-order chi connectivity index (χ0) is 18.9. The molecule has 0 spiro atoms. The van der Waals surface area contributed by atoms with Crippen molar-refractivity contribution in [1.29, 1.82) is 5.26 Å². The minimum atomic E-state index is 0.322. The maximum Gasteiger partial charge on any atom is 0.266 e. The molecule has 6 heteroatoms. The predicted octanol–water partition coefficient (Wildman–Crippen LogP) is 4.01. The van der Waals surface area contributed by atoms with E-state index in [9.17, 15) is 5.26 Å². The summed E-state index contributed by atoms with van der Waals surface area (Å²) >= 11 is 0. The first-order valence-corrected chi connectivity index (χ1v) is 9.85. The predicted molar refractivity (Wildman–Crippen MR) is 105 cm³/mol. The normalized spacial score (nSPS) is 20.0. The van der Waals surface area contributed by atoms with Crippen molar-refractivity contribution in [2.24, 2.45) is 0 Å². The Kier molecular flexibility index (Phi) is 4.38. The largest absolute Gasteiger partial charge is 0.459 e. The fraction of sp³-hybridized carbons (Fsp3) is 0.364. The third kappa shape index (κ3) is 2.98. The fourth-order valence-electron chi connectivity index (χ4n) is 4.45. The van der Waals surface area contributed by atoms with Gasteiger partial charge in [-0.15, -0.1) is 0 Å². The Balaban J connectivity index is 1.33. The first-order valence-electron chi connectivity index (χ1n) is 9.85. The van der Waals surface area contributed by atoms with Gasteiger partial charge >= 0.3 is 0 Å². The van der Waals surface area contributed by atoms with Gasteiger partial charge in [0.25, 0.3) is 5.89 Å². The number of hydrogen-bond donors (Lipinski definition) is 0. The van der Waals surface area contributed by atoms with Crippen LogP contribution in [0.3, 0.4) is 0 Å². The van der Waals surface area contributed by atoms with Gasteiger partial charge in [-0.05, 0) is 42.5 Å². The lowest BCUT2D eigenvalue weighted by atomic mass is 9.86. The minimum absolute atomic E-state index is 0.322. The summed E-state index contributed by atoms with van der Waals surface area (Å²) in [6, 6.07) is 15.1. The first-order chi connectivity index (χ1) is 13.8. The van der Waals surface area contributed by atoms with Gasteiger partial charge in [-0.1, -0.05) is 24.3 Å². The Morgan fingerprint density at radius 3 is 2.71 bits per heavy atom. The van der Waals surface area contributed by atoms with Gasteiger partial charge in [-0.25, -0.2) is 0 Å². The minimum Gasteiger partial charge on any atom is -0.459 e. The fourth-order valence-corrected chi connectivity index (χ4v) is 4.45. The lowest BCUT2D eigenvalue weighted by molar-refractivity contribution is 0.167. The molecule has 28 heavy (non-hydrogen) atoms. The van der Waals surface area contributed by atoms with Crippen LogP contribution in [0.4, 0.5) is 5.88 Å². The lowest BCUT2D eigenvalue weighted by Gasteiger charge is -2.41. The molecule has 1 fully saturated rings. The van der Waals surface area contributed by atoms with Crippen LogP contribution in [-0.2, 0) is 6.42 Å². The van der Waals surface area contributed by atoms with Crippen molar-refractivity contribution in [2.75, 3.05) is 31.1 Å². The summed E-state index contributed by atoms with van der Waals surface area (Å²) in [4.78, 5) is 9.01. The van der Waals surface area contributed by atoms with Gasteiger partial charge in [0, 0.05) is 32.2 Å². The topological polar surface area (TPSA) is 69.4 Å². The van der Waals surface area contributed by atoms with Crippen molar-refractivity contribution in [1.82, 2.24) is 9.88 Å². The van der Waals surface area contributed by atoms with Gasteiger partial charge in [-0.2, -0.15) is 10.2 Å². The van der Waals surface area contributed by atoms with E-state index in [0.29, 0.717) is 29.3 Å². The van der Waals surface area contributed by atoms with Crippen LogP contribution >= 0.6 is 0 Å². The van der Waals surface area contributed by atoms with Crippen molar-refractivity contribution in [3.63, 3.8) is 0 Å². The summed E-state index contributed by atoms with van der Waals surface area (Å²) in [6.07, 6.45) is 5.22. The summed E-state index contributed by atoms with van der Waals surface area (Å²) in [7, 11) is 0. The quantitative estimate of drug-likeness (QED) is 0.690. The molecule has 142 valence electrons. The molecular formula is C22H22N4O2. The average molecular weight is 374 g/mol. The molecule has 1 saturated heterocycles. The molecule has 5 rings (SSSR count). The number of nitrogens with zero attached hydrogens (tertiary/aromatic N) is 4. The van der Waals surface area contributed by atoms with E-state index in [1.165, 1.54) is 30.4 Å². The van der Waals surface area contributed by atoms with E-state index < -0.39 is 0 Å². The molecule has 0 unspecified atom stereocenters. The molecule has 1 aliphatic heterocycles. The highest BCUT2D eigenvalue weighted by Gasteiger charge is 2.30. The van der Waals surface area contributed by atoms with Gasteiger partial charge in [0.2, 0.25) is 11.6 Å². The maximum atomic E-state index is 9.48. The van der Waals surface area contributed by atoms with Gasteiger partial charge in [0.05, 0.1) is 6.26 Å². The second kappa shape index (κ2) is 7.17. The number of aromatic nitrogens is 1. The smallest absolute Gasteiger partial charge is 0.266 e. The van der Waals surface area contributed by atoms with Crippen LogP contribution in [0.1, 0.15) is 35.7 Å². The second-order valence-corrected chi connectivity index (χ2v) is 7.39. The SMILES string of the molecule is N#Cc1nc(-c2ccco2)oc1N1CCN([C@@H]2CCCc3ccccc32)CC1. The number of furan rings is 1. The lowest BCUT2D eigenvalue weighted by Crippen LogP contribution is -2.48. The third-order valence-corrected chi connectivity index (χ3v) is 5.83. The summed E-state index contributed by atoms with van der Waals surface area (Å²) < 4.78 is 11.3. The van der Waals surface area contributed by atoms with Crippen molar-refractivity contribution >= 4 is 5.88 Å². The number of hydrogen-bond acceptors (Lipinski definition) is 6. The van der Waals surface area contributed by atoms with Crippen LogP contribution in [0.2, 0.25) is 0 Å². The Morgan fingerprint density at radius 2 is 1.93 bits per heavy atom. The van der Waals surface area contributed by atoms with Gasteiger partial charge in [-0.3, -0.25) is 4.90 Å². The number of benzene rings is 1. The number of fused-ring (bicyclic) bond motifs is 1. The molecule has 6 nitrogen and oxygen atoms in total. The van der Waals surface area contributed by atoms with E-state index in [2.05, 4.69) is 45.1 Å². The summed E-state index contributed by atoms with van der Waals surface area (Å²) in [5.41, 5.74) is 3.30.